The molecule has 9 nitrogen and oxygen atoms in total. The molecule has 85 heavy (non-hydrogen) atoms. The third kappa shape index (κ3) is 8.84. The fourth-order valence-electron chi connectivity index (χ4n) is 11.8. The first-order valence-corrected chi connectivity index (χ1v) is 28.6. The van der Waals surface area contributed by atoms with Crippen LogP contribution in [0.3, 0.4) is 0 Å². The molecule has 406 valence electrons. The van der Waals surface area contributed by atoms with Crippen LogP contribution >= 0.6 is 0 Å². The lowest BCUT2D eigenvalue weighted by atomic mass is 9.78. The number of furan rings is 4. The minimum atomic E-state index is -0.399. The highest BCUT2D eigenvalue weighted by atomic mass is 16.7. The monoisotopic (exact) mass is 1100 g/mol. The Bertz CT molecular complexity index is 5270. The number of nitrogens with zero attached hydrogens (tertiary/aromatic N) is 3. The maximum Gasteiger partial charge on any atom is 0.494 e. The molecule has 17 rings (SSSR count). The summed E-state index contributed by atoms with van der Waals surface area (Å²) in [6, 6.07) is 83.0. The Kier molecular flexibility index (Phi) is 11.6. The van der Waals surface area contributed by atoms with Crippen molar-refractivity contribution in [2.75, 3.05) is 0 Å². The van der Waals surface area contributed by atoms with Gasteiger partial charge in [-0.2, -0.15) is 0 Å². The normalized spacial score (nSPS) is 14.0. The zero-order chi connectivity index (χ0) is 57.0. The van der Waals surface area contributed by atoms with E-state index in [2.05, 4.69) is 185 Å². The average Bonchev–Trinajstić information content (AvgIpc) is 2.53. The van der Waals surface area contributed by atoms with Gasteiger partial charge >= 0.3 is 7.12 Å². The zero-order valence-electron chi connectivity index (χ0n) is 47.0. The molecule has 10 heteroatoms. The van der Waals surface area contributed by atoms with Crippen molar-refractivity contribution in [3.63, 3.8) is 0 Å². The first kappa shape index (κ1) is 50.3. The Balaban J connectivity index is 0.000000170. The quantitative estimate of drug-likeness (QED) is 0.144. The molecule has 16 aromatic rings. The summed E-state index contributed by atoms with van der Waals surface area (Å²) in [6.07, 6.45) is 0. The van der Waals surface area contributed by atoms with Crippen LogP contribution in [-0.4, -0.2) is 33.3 Å². The van der Waals surface area contributed by atoms with Gasteiger partial charge in [0.15, 0.2) is 17.5 Å². The van der Waals surface area contributed by atoms with Gasteiger partial charge in [0.1, 0.15) is 44.7 Å². The Hall–Kier alpha value is -10.4. The molecule has 1 aliphatic rings. The highest BCUT2D eigenvalue weighted by molar-refractivity contribution is 6.62. The lowest BCUT2D eigenvalue weighted by molar-refractivity contribution is 0.00578. The van der Waals surface area contributed by atoms with Gasteiger partial charge in [0.2, 0.25) is 0 Å². The first-order valence-electron chi connectivity index (χ1n) is 28.6. The summed E-state index contributed by atoms with van der Waals surface area (Å²) in [5, 5.41) is 8.48. The van der Waals surface area contributed by atoms with E-state index in [0.717, 1.165) is 143 Å². The van der Waals surface area contributed by atoms with Crippen molar-refractivity contribution in [2.45, 2.75) is 38.9 Å². The summed E-state index contributed by atoms with van der Waals surface area (Å²) in [5.41, 5.74) is 16.5. The van der Waals surface area contributed by atoms with Crippen molar-refractivity contribution in [3.05, 3.63) is 243 Å². The van der Waals surface area contributed by atoms with E-state index >= 15 is 0 Å². The SMILES string of the molecule is CC1(C)OB(c2ccc3oc4cc5c(cc4c3c2)oc2ccccc25)OC1(C)C.c1ccc(-c2cccc(-c3nc(-c4ccccc4)nc(-c4cccc(-c5cccc(-c6ccc7oc8cc9c(cc8c7c6)oc6ccccc69)c5)c4)n3)c2)cc1. The standard InChI is InChI=1S/C51H31N3O2.C24H21BO4/c1-3-12-32(13-4-1)34-16-10-20-39(27-34)50-52-49(33-14-5-2-6-15-33)53-51(54-50)40-21-11-19-37(28-40)35-17-9-18-36(26-35)38-24-25-46-42(29-38)44-31-47-43(30-48(44)56-46)41-22-7-8-23-45(41)55-47;1-23(2)24(3,4)29-25(28-23)14-9-10-20-16(11-14)18-13-21-17(12-22(18)27-20)15-7-5-6-8-19(15)26-21/h1-31H;5-13H,1-4H3. The minimum Gasteiger partial charge on any atom is -0.456 e. The van der Waals surface area contributed by atoms with Gasteiger partial charge in [-0.05, 0) is 139 Å². The first-order chi connectivity index (χ1) is 41.5. The highest BCUT2D eigenvalue weighted by Crippen LogP contribution is 2.42. The molecule has 11 aromatic carbocycles. The zero-order valence-corrected chi connectivity index (χ0v) is 47.0. The fraction of sp³-hybridized carbons (Fsp3) is 0.0800. The summed E-state index contributed by atoms with van der Waals surface area (Å²) >= 11 is 0. The Morgan fingerprint density at radius 3 is 1.07 bits per heavy atom. The van der Waals surface area contributed by atoms with Crippen LogP contribution in [0.1, 0.15) is 27.7 Å². The van der Waals surface area contributed by atoms with E-state index < -0.39 is 7.12 Å². The van der Waals surface area contributed by atoms with Crippen molar-refractivity contribution in [1.82, 2.24) is 15.0 Å². The van der Waals surface area contributed by atoms with E-state index in [1.807, 2.05) is 84.9 Å². The van der Waals surface area contributed by atoms with E-state index in [0.29, 0.717) is 17.5 Å². The molecule has 1 saturated heterocycles. The molecular weight excluding hydrogens is 1050 g/mol. The predicted molar refractivity (Wildman–Crippen MR) is 344 cm³/mol. The van der Waals surface area contributed by atoms with Crippen LogP contribution in [0.4, 0.5) is 0 Å². The fourth-order valence-corrected chi connectivity index (χ4v) is 11.8. The third-order valence-corrected chi connectivity index (χ3v) is 17.0. The van der Waals surface area contributed by atoms with E-state index in [-0.39, 0.29) is 11.2 Å². The van der Waals surface area contributed by atoms with Crippen LogP contribution < -0.4 is 5.46 Å². The summed E-state index contributed by atoms with van der Waals surface area (Å²) < 4.78 is 37.3. The van der Waals surface area contributed by atoms with Gasteiger partial charge in [0.05, 0.1) is 11.2 Å². The van der Waals surface area contributed by atoms with E-state index in [1.54, 1.807) is 0 Å². The van der Waals surface area contributed by atoms with E-state index in [9.17, 15) is 0 Å². The van der Waals surface area contributed by atoms with Crippen LogP contribution in [0.25, 0.3) is 155 Å². The topological polar surface area (TPSA) is 110 Å². The summed E-state index contributed by atoms with van der Waals surface area (Å²) in [6.45, 7) is 8.27. The second-order valence-corrected chi connectivity index (χ2v) is 22.9. The van der Waals surface area contributed by atoms with Gasteiger partial charge < -0.3 is 27.0 Å². The summed E-state index contributed by atoms with van der Waals surface area (Å²) in [5.74, 6) is 1.88. The molecule has 1 fully saturated rings. The van der Waals surface area contributed by atoms with Gasteiger partial charge in [-0.25, -0.2) is 15.0 Å². The number of aromatic nitrogens is 3. The largest absolute Gasteiger partial charge is 0.494 e. The van der Waals surface area contributed by atoms with Gasteiger partial charge in [0, 0.05) is 59.8 Å². The van der Waals surface area contributed by atoms with Gasteiger partial charge in [-0.15, -0.1) is 0 Å². The molecule has 0 amide bonds. The van der Waals surface area contributed by atoms with Crippen LogP contribution in [0.5, 0.6) is 0 Å². The van der Waals surface area contributed by atoms with Crippen molar-refractivity contribution < 1.29 is 27.0 Å². The Labute approximate surface area is 488 Å². The number of benzene rings is 11. The number of rotatable bonds is 7. The average molecular weight is 1100 g/mol. The maximum atomic E-state index is 6.36. The molecule has 0 atom stereocenters. The number of fused-ring (bicyclic) bond motifs is 12. The molecule has 0 saturated carbocycles. The lowest BCUT2D eigenvalue weighted by Crippen LogP contribution is -2.41. The van der Waals surface area contributed by atoms with E-state index in [1.165, 1.54) is 0 Å². The number of hydrogen-bond donors (Lipinski definition) is 0. The molecule has 0 unspecified atom stereocenters. The predicted octanol–water partition coefficient (Wildman–Crippen LogP) is 19.5. The highest BCUT2D eigenvalue weighted by Gasteiger charge is 2.51. The molecule has 0 bridgehead atoms. The molecule has 0 spiro atoms. The summed E-state index contributed by atoms with van der Waals surface area (Å²) in [7, 11) is -0.399. The maximum absolute atomic E-state index is 6.36. The summed E-state index contributed by atoms with van der Waals surface area (Å²) in [4.78, 5) is 15.1. The van der Waals surface area contributed by atoms with Crippen molar-refractivity contribution in [3.8, 4) is 67.5 Å². The molecule has 1 aliphatic heterocycles. The number of para-hydroxylation sites is 2. The van der Waals surface area contributed by atoms with Crippen LogP contribution in [0, 0.1) is 0 Å². The van der Waals surface area contributed by atoms with Gasteiger partial charge in [-0.3, -0.25) is 0 Å². The Morgan fingerprint density at radius 1 is 0.247 bits per heavy atom. The molecule has 0 aliphatic carbocycles. The van der Waals surface area contributed by atoms with Crippen LogP contribution in [0.2, 0.25) is 0 Å². The number of hydrogen-bond acceptors (Lipinski definition) is 9. The molecule has 5 aromatic heterocycles. The van der Waals surface area contributed by atoms with Gasteiger partial charge in [0.25, 0.3) is 0 Å². The second-order valence-electron chi connectivity index (χ2n) is 22.9. The van der Waals surface area contributed by atoms with Gasteiger partial charge in [-0.1, -0.05) is 170 Å². The minimum absolute atomic E-state index is 0.370. The van der Waals surface area contributed by atoms with Crippen molar-refractivity contribution >= 4 is 100 Å². The van der Waals surface area contributed by atoms with Crippen molar-refractivity contribution in [1.29, 1.82) is 0 Å². The molecule has 0 radical (unpaired) electrons. The third-order valence-electron chi connectivity index (χ3n) is 17.0. The Morgan fingerprint density at radius 2 is 0.576 bits per heavy atom. The molecule has 0 N–H and O–H groups in total. The molecular formula is C75H52BN3O6. The van der Waals surface area contributed by atoms with Crippen LogP contribution in [-0.2, 0) is 9.31 Å². The van der Waals surface area contributed by atoms with Crippen LogP contribution in [0.15, 0.2) is 260 Å². The molecule has 6 heterocycles. The van der Waals surface area contributed by atoms with E-state index in [4.69, 9.17) is 41.9 Å². The smallest absolute Gasteiger partial charge is 0.456 e. The van der Waals surface area contributed by atoms with Crippen molar-refractivity contribution in [2.24, 2.45) is 0 Å². The second kappa shape index (κ2) is 19.6. The lowest BCUT2D eigenvalue weighted by Gasteiger charge is -2.32.